The first-order valence-corrected chi connectivity index (χ1v) is 7.12. The van der Waals surface area contributed by atoms with Crippen molar-refractivity contribution in [3.63, 3.8) is 0 Å². The zero-order chi connectivity index (χ0) is 15.2. The highest BCUT2D eigenvalue weighted by Gasteiger charge is 2.09. The minimum absolute atomic E-state index is 0.170. The van der Waals surface area contributed by atoms with Gasteiger partial charge in [-0.1, -0.05) is 48.5 Å². The number of carbonyl (C=O) groups is 1. The second-order valence-corrected chi connectivity index (χ2v) is 5.35. The molecule has 0 unspecified atom stereocenters. The van der Waals surface area contributed by atoms with Crippen molar-refractivity contribution in [2.45, 2.75) is 19.9 Å². The molecule has 0 atom stereocenters. The molecule has 1 N–H and O–H groups in total. The number of rotatable bonds is 6. The van der Waals surface area contributed by atoms with E-state index in [0.717, 1.165) is 6.54 Å². The van der Waals surface area contributed by atoms with E-state index >= 15 is 0 Å². The lowest BCUT2D eigenvalue weighted by molar-refractivity contribution is -0.137. The number of hydrogen-bond acceptors (Lipinski definition) is 2. The third-order valence-corrected chi connectivity index (χ3v) is 3.60. The highest BCUT2D eigenvalue weighted by Crippen LogP contribution is 2.27. The van der Waals surface area contributed by atoms with Gasteiger partial charge in [-0.05, 0) is 36.2 Å². The predicted molar refractivity (Wildman–Crippen MR) is 85.2 cm³/mol. The van der Waals surface area contributed by atoms with Crippen LogP contribution in [-0.4, -0.2) is 29.6 Å². The van der Waals surface area contributed by atoms with Gasteiger partial charge in [0.2, 0.25) is 0 Å². The fourth-order valence-corrected chi connectivity index (χ4v) is 2.45. The van der Waals surface area contributed by atoms with Crippen LogP contribution in [0.1, 0.15) is 17.5 Å². The van der Waals surface area contributed by atoms with Gasteiger partial charge in [0.15, 0.2) is 0 Å². The number of aryl methyl sites for hydroxylation is 1. The van der Waals surface area contributed by atoms with E-state index in [1.165, 1.54) is 22.3 Å². The average molecular weight is 283 g/mol. The van der Waals surface area contributed by atoms with E-state index in [1.54, 1.807) is 0 Å². The molecule has 2 aromatic carbocycles. The van der Waals surface area contributed by atoms with Gasteiger partial charge in [0, 0.05) is 13.1 Å². The van der Waals surface area contributed by atoms with E-state index < -0.39 is 5.97 Å². The van der Waals surface area contributed by atoms with Crippen molar-refractivity contribution in [1.82, 2.24) is 4.90 Å². The molecule has 2 rings (SSSR count). The minimum Gasteiger partial charge on any atom is -0.481 e. The first-order valence-electron chi connectivity index (χ1n) is 7.12. The highest BCUT2D eigenvalue weighted by atomic mass is 16.4. The topological polar surface area (TPSA) is 40.5 Å². The Morgan fingerprint density at radius 2 is 1.67 bits per heavy atom. The number of carboxylic acid groups (broad SMARTS) is 1. The zero-order valence-electron chi connectivity index (χ0n) is 12.5. The van der Waals surface area contributed by atoms with E-state index in [0.29, 0.717) is 6.54 Å². The van der Waals surface area contributed by atoms with Crippen LogP contribution in [0.25, 0.3) is 11.1 Å². The zero-order valence-corrected chi connectivity index (χ0v) is 12.5. The van der Waals surface area contributed by atoms with Crippen LogP contribution in [0.3, 0.4) is 0 Å². The molecule has 21 heavy (non-hydrogen) atoms. The van der Waals surface area contributed by atoms with Gasteiger partial charge in [-0.25, -0.2) is 0 Å². The smallest absolute Gasteiger partial charge is 0.304 e. The predicted octanol–water partition coefficient (Wildman–Crippen LogP) is 3.57. The summed E-state index contributed by atoms with van der Waals surface area (Å²) in [5, 5.41) is 8.77. The first kappa shape index (κ1) is 15.3. The van der Waals surface area contributed by atoms with Gasteiger partial charge in [-0.15, -0.1) is 0 Å². The van der Waals surface area contributed by atoms with Crippen LogP contribution in [0.5, 0.6) is 0 Å². The molecular formula is C18H21NO2. The van der Waals surface area contributed by atoms with Crippen LogP contribution in [0.4, 0.5) is 0 Å². The lowest BCUT2D eigenvalue weighted by Crippen LogP contribution is -2.21. The van der Waals surface area contributed by atoms with Crippen molar-refractivity contribution in [2.24, 2.45) is 0 Å². The molecule has 0 spiro atoms. The molecule has 0 aromatic heterocycles. The fraction of sp³-hybridized carbons (Fsp3) is 0.278. The molecule has 0 fully saturated rings. The molecule has 0 amide bonds. The van der Waals surface area contributed by atoms with Crippen molar-refractivity contribution in [3.8, 4) is 11.1 Å². The number of benzene rings is 2. The molecule has 0 bridgehead atoms. The second kappa shape index (κ2) is 7.04. The highest BCUT2D eigenvalue weighted by molar-refractivity contribution is 5.70. The summed E-state index contributed by atoms with van der Waals surface area (Å²) in [5.41, 5.74) is 4.93. The van der Waals surface area contributed by atoms with Gasteiger partial charge >= 0.3 is 5.97 Å². The maximum Gasteiger partial charge on any atom is 0.304 e. The van der Waals surface area contributed by atoms with E-state index in [4.69, 9.17) is 5.11 Å². The first-order chi connectivity index (χ1) is 10.1. The molecule has 2 aromatic rings. The Morgan fingerprint density at radius 3 is 2.33 bits per heavy atom. The lowest BCUT2D eigenvalue weighted by Gasteiger charge is -2.19. The molecule has 0 heterocycles. The summed E-state index contributed by atoms with van der Waals surface area (Å²) < 4.78 is 0. The lowest BCUT2D eigenvalue weighted by atomic mass is 9.96. The summed E-state index contributed by atoms with van der Waals surface area (Å²) in [6.45, 7) is 3.41. The standard InChI is InChI=1S/C18H21NO2/c1-14-7-3-5-9-16(14)17-10-6-4-8-15(17)13-19(2)12-11-18(20)21/h3-10H,11-13H2,1-2H3,(H,20,21). The Balaban J connectivity index is 2.22. The molecule has 0 aliphatic heterocycles. The van der Waals surface area contributed by atoms with Crippen molar-refractivity contribution >= 4 is 5.97 Å². The van der Waals surface area contributed by atoms with Gasteiger partial charge in [-0.3, -0.25) is 4.79 Å². The molecule has 0 aliphatic carbocycles. The van der Waals surface area contributed by atoms with Gasteiger partial charge in [0.25, 0.3) is 0 Å². The Bertz CT molecular complexity index is 622. The summed E-state index contributed by atoms with van der Waals surface area (Å²) in [6.07, 6.45) is 0.170. The van der Waals surface area contributed by atoms with Gasteiger partial charge in [0.1, 0.15) is 0 Å². The van der Waals surface area contributed by atoms with Crippen molar-refractivity contribution in [1.29, 1.82) is 0 Å². The SMILES string of the molecule is Cc1ccccc1-c1ccccc1CN(C)CCC(=O)O. The summed E-state index contributed by atoms with van der Waals surface area (Å²) in [4.78, 5) is 12.7. The van der Waals surface area contributed by atoms with Crippen molar-refractivity contribution < 1.29 is 9.90 Å². The number of hydrogen-bond donors (Lipinski definition) is 1. The van der Waals surface area contributed by atoms with Crippen LogP contribution < -0.4 is 0 Å². The Labute approximate surface area is 125 Å². The van der Waals surface area contributed by atoms with Crippen LogP contribution in [-0.2, 0) is 11.3 Å². The van der Waals surface area contributed by atoms with Crippen molar-refractivity contribution in [2.75, 3.05) is 13.6 Å². The fourth-order valence-electron chi connectivity index (χ4n) is 2.45. The normalized spacial score (nSPS) is 10.8. The number of carboxylic acids is 1. The molecule has 3 nitrogen and oxygen atoms in total. The Hall–Kier alpha value is -2.13. The Morgan fingerprint density at radius 1 is 1.05 bits per heavy atom. The molecule has 110 valence electrons. The van der Waals surface area contributed by atoms with Gasteiger partial charge in [0.05, 0.1) is 6.42 Å². The average Bonchev–Trinajstić information content (AvgIpc) is 2.46. The number of nitrogens with zero attached hydrogens (tertiary/aromatic N) is 1. The molecule has 0 saturated heterocycles. The third kappa shape index (κ3) is 4.17. The maximum absolute atomic E-state index is 10.7. The molecule has 0 radical (unpaired) electrons. The minimum atomic E-state index is -0.756. The van der Waals surface area contributed by atoms with Gasteiger partial charge < -0.3 is 10.0 Å². The molecule has 0 aliphatic rings. The van der Waals surface area contributed by atoms with E-state index in [1.807, 2.05) is 36.2 Å². The second-order valence-electron chi connectivity index (χ2n) is 5.35. The van der Waals surface area contributed by atoms with Crippen LogP contribution in [0.15, 0.2) is 48.5 Å². The Kier molecular flexibility index (Phi) is 5.12. The van der Waals surface area contributed by atoms with E-state index in [2.05, 4.69) is 31.2 Å². The van der Waals surface area contributed by atoms with E-state index in [-0.39, 0.29) is 6.42 Å². The molecule has 3 heteroatoms. The summed E-state index contributed by atoms with van der Waals surface area (Å²) in [5.74, 6) is -0.756. The maximum atomic E-state index is 10.7. The molecule has 0 saturated carbocycles. The summed E-state index contributed by atoms with van der Waals surface area (Å²) in [6, 6.07) is 16.6. The number of aliphatic carboxylic acids is 1. The summed E-state index contributed by atoms with van der Waals surface area (Å²) in [7, 11) is 1.96. The third-order valence-electron chi connectivity index (χ3n) is 3.60. The largest absolute Gasteiger partial charge is 0.481 e. The van der Waals surface area contributed by atoms with E-state index in [9.17, 15) is 4.79 Å². The van der Waals surface area contributed by atoms with Crippen molar-refractivity contribution in [3.05, 3.63) is 59.7 Å². The van der Waals surface area contributed by atoms with Crippen LogP contribution in [0.2, 0.25) is 0 Å². The van der Waals surface area contributed by atoms with Gasteiger partial charge in [-0.2, -0.15) is 0 Å². The monoisotopic (exact) mass is 283 g/mol. The van der Waals surface area contributed by atoms with Crippen LogP contribution in [0, 0.1) is 6.92 Å². The summed E-state index contributed by atoms with van der Waals surface area (Å²) >= 11 is 0. The quantitative estimate of drug-likeness (QED) is 0.881. The van der Waals surface area contributed by atoms with Crippen LogP contribution >= 0.6 is 0 Å². The molecular weight excluding hydrogens is 262 g/mol.